The number of carboxylic acids is 1. The minimum Gasteiger partial charge on any atom is -0.497 e. The number of hydrogen-bond acceptors (Lipinski definition) is 4. The number of fused-ring (bicyclic) bond motifs is 3. The Morgan fingerprint density at radius 1 is 0.935 bits per heavy atom. The Bertz CT molecular complexity index is 1050. The van der Waals surface area contributed by atoms with Gasteiger partial charge in [0.25, 0.3) is 0 Å². The van der Waals surface area contributed by atoms with Crippen molar-refractivity contribution >= 4 is 12.1 Å². The summed E-state index contributed by atoms with van der Waals surface area (Å²) >= 11 is 0. The second-order valence-electron chi connectivity index (χ2n) is 7.37. The lowest BCUT2D eigenvalue weighted by Gasteiger charge is -2.17. The van der Waals surface area contributed by atoms with E-state index in [-0.39, 0.29) is 19.1 Å². The van der Waals surface area contributed by atoms with Crippen LogP contribution >= 0.6 is 0 Å². The molecule has 2 N–H and O–H groups in total. The van der Waals surface area contributed by atoms with E-state index in [4.69, 9.17) is 9.47 Å². The largest absolute Gasteiger partial charge is 0.497 e. The van der Waals surface area contributed by atoms with Crippen molar-refractivity contribution in [2.45, 2.75) is 11.8 Å². The van der Waals surface area contributed by atoms with Crippen molar-refractivity contribution in [3.05, 3.63) is 89.5 Å². The highest BCUT2D eigenvalue weighted by atomic mass is 16.5. The molecule has 3 aromatic rings. The lowest BCUT2D eigenvalue weighted by Crippen LogP contribution is -2.32. The third-order valence-corrected chi connectivity index (χ3v) is 5.61. The second kappa shape index (κ2) is 8.92. The first-order valence-corrected chi connectivity index (χ1v) is 10.0. The summed E-state index contributed by atoms with van der Waals surface area (Å²) in [5, 5.41) is 12.2. The molecule has 0 aliphatic heterocycles. The van der Waals surface area contributed by atoms with Crippen LogP contribution < -0.4 is 10.1 Å². The first kappa shape index (κ1) is 20.5. The van der Waals surface area contributed by atoms with Crippen LogP contribution in [0.25, 0.3) is 11.1 Å². The smallest absolute Gasteiger partial charge is 0.407 e. The zero-order valence-electron chi connectivity index (χ0n) is 17.1. The average molecular weight is 417 g/mol. The molecule has 0 unspecified atom stereocenters. The standard InChI is InChI=1S/C25H23NO5/c1-30-17-12-10-16(11-13-17)22(24(27)28)14-26-25(29)31-15-23-20-8-4-2-6-18(20)19-7-3-5-9-21(19)23/h2-13,22-23H,14-15H2,1H3,(H,26,29)(H,27,28)/t22-/m0/s1. The van der Waals surface area contributed by atoms with E-state index < -0.39 is 18.0 Å². The summed E-state index contributed by atoms with van der Waals surface area (Å²) in [6, 6.07) is 22.9. The molecule has 0 saturated heterocycles. The number of carboxylic acid groups (broad SMARTS) is 1. The maximum absolute atomic E-state index is 12.3. The molecule has 0 bridgehead atoms. The second-order valence-corrected chi connectivity index (χ2v) is 7.37. The summed E-state index contributed by atoms with van der Waals surface area (Å²) in [5.41, 5.74) is 5.12. The fourth-order valence-electron chi connectivity index (χ4n) is 4.02. The molecule has 4 rings (SSSR count). The van der Waals surface area contributed by atoms with E-state index in [0.29, 0.717) is 11.3 Å². The summed E-state index contributed by atoms with van der Waals surface area (Å²) in [4.78, 5) is 24.0. The van der Waals surface area contributed by atoms with Crippen molar-refractivity contribution in [1.29, 1.82) is 0 Å². The monoisotopic (exact) mass is 417 g/mol. The van der Waals surface area contributed by atoms with Gasteiger partial charge in [0.2, 0.25) is 0 Å². The fraction of sp³-hybridized carbons (Fsp3) is 0.200. The topological polar surface area (TPSA) is 84.9 Å². The maximum atomic E-state index is 12.3. The van der Waals surface area contributed by atoms with Crippen LogP contribution in [0.3, 0.4) is 0 Å². The molecule has 0 fully saturated rings. The molecule has 31 heavy (non-hydrogen) atoms. The van der Waals surface area contributed by atoms with Crippen molar-refractivity contribution in [3.63, 3.8) is 0 Å². The Balaban J connectivity index is 1.39. The van der Waals surface area contributed by atoms with Gasteiger partial charge in [0, 0.05) is 12.5 Å². The van der Waals surface area contributed by atoms with Gasteiger partial charge >= 0.3 is 12.1 Å². The number of rotatable bonds is 7. The number of methoxy groups -OCH3 is 1. The predicted octanol–water partition coefficient (Wildman–Crippen LogP) is 4.40. The molecule has 6 nitrogen and oxygen atoms in total. The van der Waals surface area contributed by atoms with Crippen LogP contribution in [0.4, 0.5) is 4.79 Å². The van der Waals surface area contributed by atoms with Gasteiger partial charge in [-0.3, -0.25) is 4.79 Å². The normalized spacial score (nSPS) is 13.1. The lowest BCUT2D eigenvalue weighted by molar-refractivity contribution is -0.138. The highest BCUT2D eigenvalue weighted by molar-refractivity contribution is 5.79. The van der Waals surface area contributed by atoms with Crippen molar-refractivity contribution < 1.29 is 24.2 Å². The Morgan fingerprint density at radius 2 is 1.52 bits per heavy atom. The molecular weight excluding hydrogens is 394 g/mol. The Morgan fingerprint density at radius 3 is 2.06 bits per heavy atom. The van der Waals surface area contributed by atoms with Gasteiger partial charge in [0.05, 0.1) is 13.0 Å². The first-order chi connectivity index (χ1) is 15.1. The fourth-order valence-corrected chi connectivity index (χ4v) is 4.02. The van der Waals surface area contributed by atoms with Gasteiger partial charge in [-0.05, 0) is 39.9 Å². The van der Waals surface area contributed by atoms with Crippen LogP contribution in [0.2, 0.25) is 0 Å². The number of ether oxygens (including phenoxy) is 2. The van der Waals surface area contributed by atoms with Crippen LogP contribution in [-0.2, 0) is 9.53 Å². The molecule has 158 valence electrons. The van der Waals surface area contributed by atoms with E-state index >= 15 is 0 Å². The number of aliphatic carboxylic acids is 1. The Hall–Kier alpha value is -3.80. The molecule has 0 aromatic heterocycles. The molecule has 0 heterocycles. The number of carbonyl (C=O) groups excluding carboxylic acids is 1. The molecule has 6 heteroatoms. The van der Waals surface area contributed by atoms with E-state index in [1.54, 1.807) is 31.4 Å². The molecule has 1 aliphatic carbocycles. The SMILES string of the molecule is COc1ccc([C@H](CNC(=O)OCC2c3ccccc3-c3ccccc32)C(=O)O)cc1. The van der Waals surface area contributed by atoms with E-state index in [2.05, 4.69) is 17.4 Å². The van der Waals surface area contributed by atoms with E-state index in [1.807, 2.05) is 36.4 Å². The van der Waals surface area contributed by atoms with Crippen molar-refractivity contribution in [3.8, 4) is 16.9 Å². The molecule has 1 aliphatic rings. The van der Waals surface area contributed by atoms with E-state index in [9.17, 15) is 14.7 Å². The third kappa shape index (κ3) is 4.23. The molecule has 0 saturated carbocycles. The van der Waals surface area contributed by atoms with Crippen LogP contribution in [0.5, 0.6) is 5.75 Å². The number of benzene rings is 3. The Labute approximate surface area is 180 Å². The zero-order valence-corrected chi connectivity index (χ0v) is 17.1. The summed E-state index contributed by atoms with van der Waals surface area (Å²) < 4.78 is 10.6. The summed E-state index contributed by atoms with van der Waals surface area (Å²) in [6.07, 6.45) is -0.637. The Kier molecular flexibility index (Phi) is 5.89. The number of carbonyl (C=O) groups is 2. The van der Waals surface area contributed by atoms with Crippen LogP contribution in [0.1, 0.15) is 28.5 Å². The highest BCUT2D eigenvalue weighted by Crippen LogP contribution is 2.44. The van der Waals surface area contributed by atoms with Crippen LogP contribution in [0.15, 0.2) is 72.8 Å². The van der Waals surface area contributed by atoms with Gasteiger partial charge in [0.15, 0.2) is 0 Å². The molecule has 0 spiro atoms. The number of alkyl carbamates (subject to hydrolysis) is 1. The lowest BCUT2D eigenvalue weighted by atomic mass is 9.98. The molecule has 3 aromatic carbocycles. The summed E-state index contributed by atoms with van der Waals surface area (Å²) in [6.45, 7) is 0.110. The minimum absolute atomic E-state index is 0.0463. The van der Waals surface area contributed by atoms with Gasteiger partial charge in [-0.2, -0.15) is 0 Å². The number of amides is 1. The molecule has 0 radical (unpaired) electrons. The summed E-state index contributed by atoms with van der Waals surface area (Å²) in [5.74, 6) is -1.32. The van der Waals surface area contributed by atoms with Gasteiger partial charge in [-0.1, -0.05) is 60.7 Å². The van der Waals surface area contributed by atoms with Gasteiger partial charge in [-0.25, -0.2) is 4.79 Å². The van der Waals surface area contributed by atoms with Gasteiger partial charge in [0.1, 0.15) is 12.4 Å². The molecule has 1 atom stereocenters. The highest BCUT2D eigenvalue weighted by Gasteiger charge is 2.29. The van der Waals surface area contributed by atoms with E-state index in [0.717, 1.165) is 22.3 Å². The third-order valence-electron chi connectivity index (χ3n) is 5.61. The van der Waals surface area contributed by atoms with Crippen molar-refractivity contribution in [1.82, 2.24) is 5.32 Å². The number of nitrogens with one attached hydrogen (secondary N) is 1. The van der Waals surface area contributed by atoms with Gasteiger partial charge in [-0.15, -0.1) is 0 Å². The van der Waals surface area contributed by atoms with Crippen molar-refractivity contribution in [2.24, 2.45) is 0 Å². The summed E-state index contributed by atoms with van der Waals surface area (Å²) in [7, 11) is 1.54. The van der Waals surface area contributed by atoms with Crippen LogP contribution in [0, 0.1) is 0 Å². The first-order valence-electron chi connectivity index (χ1n) is 10.0. The maximum Gasteiger partial charge on any atom is 0.407 e. The van der Waals surface area contributed by atoms with Gasteiger partial charge < -0.3 is 19.9 Å². The zero-order chi connectivity index (χ0) is 21.8. The predicted molar refractivity (Wildman–Crippen MR) is 116 cm³/mol. The quantitative estimate of drug-likeness (QED) is 0.595. The average Bonchev–Trinajstić information content (AvgIpc) is 3.12. The number of hydrogen-bond donors (Lipinski definition) is 2. The minimum atomic E-state index is -1.02. The molecular formula is C25H23NO5. The van der Waals surface area contributed by atoms with Crippen LogP contribution in [-0.4, -0.2) is 37.4 Å². The van der Waals surface area contributed by atoms with E-state index in [1.165, 1.54) is 0 Å². The molecule has 1 amide bonds. The van der Waals surface area contributed by atoms with Crippen molar-refractivity contribution in [2.75, 3.05) is 20.3 Å².